The van der Waals surface area contributed by atoms with E-state index in [0.717, 1.165) is 49.5 Å². The fraction of sp³-hybridized carbons (Fsp3) is 0.500. The molecule has 0 bridgehead atoms. The molecule has 2 aromatic heterocycles. The summed E-state index contributed by atoms with van der Waals surface area (Å²) in [7, 11) is 0. The molecule has 0 radical (unpaired) electrons. The first-order valence-corrected chi connectivity index (χ1v) is 9.57. The van der Waals surface area contributed by atoms with Crippen LogP contribution in [-0.4, -0.2) is 39.9 Å². The third-order valence-electron chi connectivity index (χ3n) is 4.90. The topological polar surface area (TPSA) is 58.1 Å². The van der Waals surface area contributed by atoms with Crippen LogP contribution in [0.3, 0.4) is 0 Å². The van der Waals surface area contributed by atoms with Crippen molar-refractivity contribution in [2.45, 2.75) is 44.6 Å². The van der Waals surface area contributed by atoms with Crippen LogP contribution in [0.4, 0.5) is 5.82 Å². The van der Waals surface area contributed by atoms with Crippen LogP contribution in [0.2, 0.25) is 0 Å². The van der Waals surface area contributed by atoms with Crippen LogP contribution in [0.15, 0.2) is 23.8 Å². The molecule has 1 saturated heterocycles. The van der Waals surface area contributed by atoms with Crippen LogP contribution < -0.4 is 5.32 Å². The molecule has 5 nitrogen and oxygen atoms in total. The van der Waals surface area contributed by atoms with Gasteiger partial charge in [0.1, 0.15) is 12.1 Å². The van der Waals surface area contributed by atoms with Crippen molar-refractivity contribution < 1.29 is 4.79 Å². The van der Waals surface area contributed by atoms with E-state index in [-0.39, 0.29) is 11.9 Å². The van der Waals surface area contributed by atoms with Gasteiger partial charge in [0, 0.05) is 35.3 Å². The number of anilines is 1. The van der Waals surface area contributed by atoms with Gasteiger partial charge in [-0.25, -0.2) is 9.97 Å². The number of hydrogen-bond acceptors (Lipinski definition) is 5. The number of carbonyl (C=O) groups is 1. The van der Waals surface area contributed by atoms with Gasteiger partial charge in [0.2, 0.25) is 5.91 Å². The van der Waals surface area contributed by atoms with Gasteiger partial charge in [-0.05, 0) is 43.6 Å². The van der Waals surface area contributed by atoms with E-state index in [1.807, 2.05) is 22.4 Å². The molecule has 4 rings (SSSR count). The number of likely N-dealkylation sites (tertiary alicyclic amines) is 1. The Hall–Kier alpha value is -1.95. The first kappa shape index (κ1) is 15.6. The molecule has 2 aromatic rings. The number of nitrogens with one attached hydrogen (secondary N) is 1. The summed E-state index contributed by atoms with van der Waals surface area (Å²) in [6.07, 6.45) is 7.60. The highest BCUT2D eigenvalue weighted by Gasteiger charge is 2.25. The van der Waals surface area contributed by atoms with E-state index in [0.29, 0.717) is 6.42 Å². The normalized spacial score (nSPS) is 20.0. The number of thiophene rings is 1. The van der Waals surface area contributed by atoms with Crippen molar-refractivity contribution in [1.82, 2.24) is 14.9 Å². The molecule has 0 aromatic carbocycles. The molecule has 1 aliphatic heterocycles. The van der Waals surface area contributed by atoms with E-state index in [1.165, 1.54) is 17.7 Å². The van der Waals surface area contributed by atoms with Gasteiger partial charge < -0.3 is 10.2 Å². The molecular formula is C18H22N4OS. The summed E-state index contributed by atoms with van der Waals surface area (Å²) in [5, 5.41) is 5.61. The zero-order valence-electron chi connectivity index (χ0n) is 13.7. The predicted molar refractivity (Wildman–Crippen MR) is 95.3 cm³/mol. The van der Waals surface area contributed by atoms with Crippen LogP contribution in [0.1, 0.15) is 35.4 Å². The first-order valence-electron chi connectivity index (χ1n) is 8.69. The lowest BCUT2D eigenvalue weighted by atomic mass is 10.0. The van der Waals surface area contributed by atoms with Gasteiger partial charge in [-0.3, -0.25) is 4.79 Å². The molecular weight excluding hydrogens is 320 g/mol. The smallest absolute Gasteiger partial charge is 0.227 e. The molecule has 0 spiro atoms. The Balaban J connectivity index is 1.40. The standard InChI is InChI=1S/C18H22N4OS/c23-17(10-14-5-3-9-24-14)22-8-2-4-13(11-22)21-18-15-6-1-7-16(15)19-12-20-18/h3,5,9,12-13H,1-2,4,6-8,10-11H2,(H,19,20,21). The zero-order valence-corrected chi connectivity index (χ0v) is 14.5. The fourth-order valence-corrected chi connectivity index (χ4v) is 4.37. The van der Waals surface area contributed by atoms with Crippen molar-refractivity contribution in [3.05, 3.63) is 40.0 Å². The number of carbonyl (C=O) groups excluding carboxylic acids is 1. The fourth-order valence-electron chi connectivity index (χ4n) is 3.67. The number of hydrogen-bond donors (Lipinski definition) is 1. The molecule has 1 aliphatic carbocycles. The Morgan fingerprint density at radius 1 is 1.33 bits per heavy atom. The van der Waals surface area contributed by atoms with Gasteiger partial charge in [0.05, 0.1) is 6.42 Å². The zero-order chi connectivity index (χ0) is 16.4. The minimum absolute atomic E-state index is 0.233. The van der Waals surface area contributed by atoms with E-state index in [4.69, 9.17) is 0 Å². The predicted octanol–water partition coefficient (Wildman–Crippen LogP) is 2.67. The quantitative estimate of drug-likeness (QED) is 0.928. The van der Waals surface area contributed by atoms with E-state index in [2.05, 4.69) is 15.3 Å². The SMILES string of the molecule is O=C(Cc1cccs1)N1CCCC(Nc2ncnc3c2CCC3)C1. The maximum Gasteiger partial charge on any atom is 0.227 e. The van der Waals surface area contributed by atoms with Gasteiger partial charge >= 0.3 is 0 Å². The van der Waals surface area contributed by atoms with Crippen LogP contribution in [-0.2, 0) is 24.1 Å². The molecule has 1 N–H and O–H groups in total. The second kappa shape index (κ2) is 6.89. The number of fused-ring (bicyclic) bond motifs is 1. The third-order valence-corrected chi connectivity index (χ3v) is 5.77. The van der Waals surface area contributed by atoms with E-state index < -0.39 is 0 Å². The lowest BCUT2D eigenvalue weighted by Gasteiger charge is -2.33. The van der Waals surface area contributed by atoms with Crippen molar-refractivity contribution in [1.29, 1.82) is 0 Å². The van der Waals surface area contributed by atoms with Crippen LogP contribution in [0.5, 0.6) is 0 Å². The Morgan fingerprint density at radius 2 is 2.29 bits per heavy atom. The summed E-state index contributed by atoms with van der Waals surface area (Å²) in [5.41, 5.74) is 2.47. The van der Waals surface area contributed by atoms with Gasteiger partial charge in [-0.15, -0.1) is 11.3 Å². The number of piperidine rings is 1. The monoisotopic (exact) mass is 342 g/mol. The first-order chi connectivity index (χ1) is 11.8. The van der Waals surface area contributed by atoms with Crippen molar-refractivity contribution in [2.75, 3.05) is 18.4 Å². The number of amides is 1. The summed E-state index contributed by atoms with van der Waals surface area (Å²) in [5.74, 6) is 1.21. The average molecular weight is 342 g/mol. The Labute approximate surface area is 146 Å². The van der Waals surface area contributed by atoms with Crippen LogP contribution in [0, 0.1) is 0 Å². The molecule has 3 heterocycles. The number of aromatic nitrogens is 2. The second-order valence-electron chi connectivity index (χ2n) is 6.58. The van der Waals surface area contributed by atoms with Gasteiger partial charge in [0.15, 0.2) is 0 Å². The number of rotatable bonds is 4. The number of aryl methyl sites for hydroxylation is 1. The highest BCUT2D eigenvalue weighted by atomic mass is 32.1. The van der Waals surface area contributed by atoms with E-state index >= 15 is 0 Å². The maximum atomic E-state index is 12.5. The highest BCUT2D eigenvalue weighted by Crippen LogP contribution is 2.26. The summed E-state index contributed by atoms with van der Waals surface area (Å²) in [4.78, 5) is 24.5. The Kier molecular flexibility index (Phi) is 4.47. The lowest BCUT2D eigenvalue weighted by Crippen LogP contribution is -2.45. The number of nitrogens with zero attached hydrogens (tertiary/aromatic N) is 3. The summed E-state index contributed by atoms with van der Waals surface area (Å²) >= 11 is 1.65. The molecule has 6 heteroatoms. The Morgan fingerprint density at radius 3 is 3.17 bits per heavy atom. The van der Waals surface area contributed by atoms with Gasteiger partial charge in [-0.1, -0.05) is 6.07 Å². The maximum absolute atomic E-state index is 12.5. The van der Waals surface area contributed by atoms with E-state index in [9.17, 15) is 4.79 Å². The van der Waals surface area contributed by atoms with Crippen molar-refractivity contribution in [3.63, 3.8) is 0 Å². The minimum atomic E-state index is 0.233. The third kappa shape index (κ3) is 3.29. The Bertz CT molecular complexity index is 716. The molecule has 24 heavy (non-hydrogen) atoms. The molecule has 2 aliphatic rings. The molecule has 1 amide bonds. The van der Waals surface area contributed by atoms with Gasteiger partial charge in [0.25, 0.3) is 0 Å². The molecule has 1 unspecified atom stereocenters. The second-order valence-corrected chi connectivity index (χ2v) is 7.61. The van der Waals surface area contributed by atoms with Gasteiger partial charge in [-0.2, -0.15) is 0 Å². The van der Waals surface area contributed by atoms with Crippen LogP contribution in [0.25, 0.3) is 0 Å². The molecule has 1 fully saturated rings. The van der Waals surface area contributed by atoms with Crippen molar-refractivity contribution in [2.24, 2.45) is 0 Å². The highest BCUT2D eigenvalue weighted by molar-refractivity contribution is 7.10. The van der Waals surface area contributed by atoms with Crippen molar-refractivity contribution in [3.8, 4) is 0 Å². The minimum Gasteiger partial charge on any atom is -0.365 e. The lowest BCUT2D eigenvalue weighted by molar-refractivity contribution is -0.131. The molecule has 126 valence electrons. The van der Waals surface area contributed by atoms with Crippen LogP contribution >= 0.6 is 11.3 Å². The molecule has 1 atom stereocenters. The summed E-state index contributed by atoms with van der Waals surface area (Å²) in [6.45, 7) is 1.63. The summed E-state index contributed by atoms with van der Waals surface area (Å²) in [6, 6.07) is 4.32. The van der Waals surface area contributed by atoms with E-state index in [1.54, 1.807) is 17.7 Å². The largest absolute Gasteiger partial charge is 0.365 e. The average Bonchev–Trinajstić information content (AvgIpc) is 3.27. The summed E-state index contributed by atoms with van der Waals surface area (Å²) < 4.78 is 0. The molecule has 0 saturated carbocycles. The van der Waals surface area contributed by atoms with Crippen molar-refractivity contribution >= 4 is 23.1 Å².